The van der Waals surface area contributed by atoms with Crippen LogP contribution in [0.1, 0.15) is 36.8 Å². The fourth-order valence-corrected chi connectivity index (χ4v) is 3.43. The number of halogens is 2. The van der Waals surface area contributed by atoms with Gasteiger partial charge in [0.15, 0.2) is 0 Å². The van der Waals surface area contributed by atoms with Gasteiger partial charge in [-0.2, -0.15) is 0 Å². The van der Waals surface area contributed by atoms with Crippen molar-refractivity contribution in [2.24, 2.45) is 0 Å². The van der Waals surface area contributed by atoms with Gasteiger partial charge in [-0.3, -0.25) is 4.90 Å². The van der Waals surface area contributed by atoms with Crippen molar-refractivity contribution in [3.63, 3.8) is 0 Å². The van der Waals surface area contributed by atoms with E-state index in [1.54, 1.807) is 0 Å². The van der Waals surface area contributed by atoms with Crippen molar-refractivity contribution in [1.29, 1.82) is 0 Å². The highest BCUT2D eigenvalue weighted by Gasteiger charge is 2.31. The van der Waals surface area contributed by atoms with Crippen LogP contribution in [-0.2, 0) is 13.0 Å². The Balaban J connectivity index is 1.81. The van der Waals surface area contributed by atoms with E-state index in [9.17, 15) is 13.9 Å². The summed E-state index contributed by atoms with van der Waals surface area (Å²) in [4.78, 5) is 2.19. The molecule has 1 aromatic rings. The van der Waals surface area contributed by atoms with Crippen LogP contribution in [-0.4, -0.2) is 28.7 Å². The summed E-state index contributed by atoms with van der Waals surface area (Å²) in [7, 11) is 0. The molecule has 2 nitrogen and oxygen atoms in total. The van der Waals surface area contributed by atoms with Crippen LogP contribution in [0.2, 0.25) is 0 Å². The third kappa shape index (κ3) is 2.51. The van der Waals surface area contributed by atoms with E-state index in [2.05, 4.69) is 4.90 Å². The molecule has 2 unspecified atom stereocenters. The van der Waals surface area contributed by atoms with Crippen molar-refractivity contribution in [2.75, 3.05) is 6.54 Å². The number of rotatable bonds is 1. The van der Waals surface area contributed by atoms with Gasteiger partial charge in [-0.15, -0.1) is 0 Å². The highest BCUT2D eigenvalue weighted by molar-refractivity contribution is 5.31. The summed E-state index contributed by atoms with van der Waals surface area (Å²) in [5.74, 6) is -0.943. The van der Waals surface area contributed by atoms with Crippen molar-refractivity contribution in [3.05, 3.63) is 34.9 Å². The third-order valence-electron chi connectivity index (χ3n) is 4.44. The molecule has 4 heteroatoms. The first-order chi connectivity index (χ1) is 9.15. The van der Waals surface area contributed by atoms with E-state index in [0.29, 0.717) is 18.5 Å². The zero-order chi connectivity index (χ0) is 13.4. The van der Waals surface area contributed by atoms with Crippen LogP contribution in [0.3, 0.4) is 0 Å². The lowest BCUT2D eigenvalue weighted by molar-refractivity contribution is 0.0129. The van der Waals surface area contributed by atoms with Crippen molar-refractivity contribution >= 4 is 0 Å². The van der Waals surface area contributed by atoms with Crippen molar-refractivity contribution in [1.82, 2.24) is 4.90 Å². The molecule has 0 aromatic heterocycles. The smallest absolute Gasteiger partial charge is 0.129 e. The predicted octanol–water partition coefficient (Wildman–Crippen LogP) is 2.63. The molecule has 1 aromatic carbocycles. The zero-order valence-corrected chi connectivity index (χ0v) is 10.9. The first kappa shape index (κ1) is 13.0. The standard InChI is InChI=1S/C15H19F2NO/c16-11-7-10-9-18(6-5-12(10)13(17)8-11)14-3-1-2-4-15(14)19/h7-8,14-15,19H,1-6,9H2. The van der Waals surface area contributed by atoms with E-state index in [1.807, 2.05) is 0 Å². The van der Waals surface area contributed by atoms with E-state index in [0.717, 1.165) is 43.9 Å². The second-order valence-corrected chi connectivity index (χ2v) is 5.66. The number of hydrogen-bond donors (Lipinski definition) is 1. The minimum atomic E-state index is -0.512. The van der Waals surface area contributed by atoms with Crippen LogP contribution >= 0.6 is 0 Å². The van der Waals surface area contributed by atoms with E-state index in [4.69, 9.17) is 0 Å². The molecule has 1 aliphatic heterocycles. The summed E-state index contributed by atoms with van der Waals surface area (Å²) in [6.07, 6.45) is 4.33. The van der Waals surface area contributed by atoms with Gasteiger partial charge < -0.3 is 5.11 Å². The van der Waals surface area contributed by atoms with Gasteiger partial charge in [0.25, 0.3) is 0 Å². The first-order valence-electron chi connectivity index (χ1n) is 7.04. The Morgan fingerprint density at radius 1 is 1.16 bits per heavy atom. The number of aliphatic hydroxyl groups excluding tert-OH is 1. The number of hydrogen-bond acceptors (Lipinski definition) is 2. The molecule has 104 valence electrons. The van der Waals surface area contributed by atoms with E-state index in [1.165, 1.54) is 6.07 Å². The molecule has 0 amide bonds. The van der Waals surface area contributed by atoms with Crippen molar-refractivity contribution in [2.45, 2.75) is 50.8 Å². The summed E-state index contributed by atoms with van der Waals surface area (Å²) >= 11 is 0. The van der Waals surface area contributed by atoms with Gasteiger partial charge in [-0.25, -0.2) is 8.78 Å². The molecule has 2 atom stereocenters. The Morgan fingerprint density at radius 3 is 2.74 bits per heavy atom. The second-order valence-electron chi connectivity index (χ2n) is 5.66. The average molecular weight is 267 g/mol. The predicted molar refractivity (Wildman–Crippen MR) is 68.7 cm³/mol. The molecule has 0 bridgehead atoms. The lowest BCUT2D eigenvalue weighted by Gasteiger charge is -2.40. The van der Waals surface area contributed by atoms with Crippen LogP contribution in [0.25, 0.3) is 0 Å². The van der Waals surface area contributed by atoms with Gasteiger partial charge in [-0.05, 0) is 36.5 Å². The molecular weight excluding hydrogens is 248 g/mol. The van der Waals surface area contributed by atoms with Crippen LogP contribution in [0.5, 0.6) is 0 Å². The van der Waals surface area contributed by atoms with Crippen molar-refractivity contribution < 1.29 is 13.9 Å². The minimum absolute atomic E-state index is 0.147. The Hall–Kier alpha value is -1.00. The largest absolute Gasteiger partial charge is 0.391 e. The Labute approximate surface area is 112 Å². The summed E-state index contributed by atoms with van der Waals surface area (Å²) in [5, 5.41) is 10.1. The SMILES string of the molecule is OC1CCCCC1N1CCc2c(F)cc(F)cc2C1. The van der Waals surface area contributed by atoms with Gasteiger partial charge in [0, 0.05) is 25.2 Å². The minimum Gasteiger partial charge on any atom is -0.391 e. The maximum atomic E-state index is 13.7. The van der Waals surface area contributed by atoms with Gasteiger partial charge >= 0.3 is 0 Å². The molecule has 2 aliphatic rings. The topological polar surface area (TPSA) is 23.5 Å². The third-order valence-corrected chi connectivity index (χ3v) is 4.44. The highest BCUT2D eigenvalue weighted by Crippen LogP contribution is 2.29. The molecule has 1 aliphatic carbocycles. The number of benzene rings is 1. The molecule has 1 heterocycles. The number of aliphatic hydroxyl groups is 1. The molecule has 1 fully saturated rings. The fourth-order valence-electron chi connectivity index (χ4n) is 3.43. The first-order valence-corrected chi connectivity index (χ1v) is 7.04. The average Bonchev–Trinajstić information content (AvgIpc) is 2.38. The Morgan fingerprint density at radius 2 is 1.95 bits per heavy atom. The molecule has 19 heavy (non-hydrogen) atoms. The van der Waals surface area contributed by atoms with E-state index >= 15 is 0 Å². The monoisotopic (exact) mass is 267 g/mol. The lowest BCUT2D eigenvalue weighted by Crippen LogP contribution is -2.47. The summed E-state index contributed by atoms with van der Waals surface area (Å²) < 4.78 is 27.0. The molecule has 0 spiro atoms. The zero-order valence-electron chi connectivity index (χ0n) is 10.9. The van der Waals surface area contributed by atoms with Crippen LogP contribution < -0.4 is 0 Å². The summed E-state index contributed by atoms with van der Waals surface area (Å²) in [6, 6.07) is 2.54. The van der Waals surface area contributed by atoms with Gasteiger partial charge in [-0.1, -0.05) is 12.8 Å². The van der Waals surface area contributed by atoms with Crippen LogP contribution in [0, 0.1) is 11.6 Å². The number of fused-ring (bicyclic) bond motifs is 1. The summed E-state index contributed by atoms with van der Waals surface area (Å²) in [6.45, 7) is 1.29. The number of nitrogens with zero attached hydrogens (tertiary/aromatic N) is 1. The molecule has 0 radical (unpaired) electrons. The lowest BCUT2D eigenvalue weighted by atomic mass is 9.89. The van der Waals surface area contributed by atoms with Gasteiger partial charge in [0.05, 0.1) is 6.10 Å². The quantitative estimate of drug-likeness (QED) is 0.845. The van der Waals surface area contributed by atoms with E-state index in [-0.39, 0.29) is 12.1 Å². The normalized spacial score (nSPS) is 28.2. The summed E-state index contributed by atoms with van der Waals surface area (Å²) in [5.41, 5.74) is 1.38. The second kappa shape index (κ2) is 5.17. The maximum absolute atomic E-state index is 13.7. The van der Waals surface area contributed by atoms with Crippen molar-refractivity contribution in [3.8, 4) is 0 Å². The molecular formula is C15H19F2NO. The van der Waals surface area contributed by atoms with Crippen LogP contribution in [0.15, 0.2) is 12.1 Å². The van der Waals surface area contributed by atoms with E-state index < -0.39 is 11.6 Å². The Kier molecular flexibility index (Phi) is 3.54. The van der Waals surface area contributed by atoms with Gasteiger partial charge in [0.1, 0.15) is 11.6 Å². The Bertz CT molecular complexity index is 477. The van der Waals surface area contributed by atoms with Gasteiger partial charge in [0.2, 0.25) is 0 Å². The molecule has 1 saturated carbocycles. The molecule has 3 rings (SSSR count). The maximum Gasteiger partial charge on any atom is 0.129 e. The highest BCUT2D eigenvalue weighted by atomic mass is 19.1. The molecule has 1 N–H and O–H groups in total. The fraction of sp³-hybridized carbons (Fsp3) is 0.600. The van der Waals surface area contributed by atoms with Crippen LogP contribution in [0.4, 0.5) is 8.78 Å². The molecule has 0 saturated heterocycles.